The quantitative estimate of drug-likeness (QED) is 0.707. The van der Waals surface area contributed by atoms with Crippen molar-refractivity contribution in [2.45, 2.75) is 31.4 Å². The third-order valence-electron chi connectivity index (χ3n) is 6.07. The maximum absolute atomic E-state index is 13.4. The summed E-state index contributed by atoms with van der Waals surface area (Å²) in [7, 11) is 0. The molecule has 2 aromatic carbocycles. The van der Waals surface area contributed by atoms with Crippen molar-refractivity contribution in [2.24, 2.45) is 5.73 Å². The first-order chi connectivity index (χ1) is 15.8. The highest BCUT2D eigenvalue weighted by Crippen LogP contribution is 2.48. The van der Waals surface area contributed by atoms with Crippen LogP contribution in [0.4, 0.5) is 18.9 Å². The number of hydrogen-bond donors (Lipinski definition) is 1. The van der Waals surface area contributed by atoms with Crippen LogP contribution in [0.3, 0.4) is 0 Å². The van der Waals surface area contributed by atoms with Crippen LogP contribution in [0, 0.1) is 11.3 Å². The number of Topliss-reactive ketones (excluding diaryl/α,β-unsaturated/α-hetero) is 1. The van der Waals surface area contributed by atoms with Gasteiger partial charge in [-0.05, 0) is 48.7 Å². The molecule has 9 heteroatoms. The van der Waals surface area contributed by atoms with Crippen LogP contribution in [0.5, 0.6) is 11.5 Å². The summed E-state index contributed by atoms with van der Waals surface area (Å²) in [5.74, 6) is 0.160. The normalized spacial score (nSPS) is 20.1. The van der Waals surface area contributed by atoms with Crippen molar-refractivity contribution in [2.75, 3.05) is 11.7 Å². The minimum absolute atomic E-state index is 0.00735. The van der Waals surface area contributed by atoms with E-state index in [0.29, 0.717) is 41.2 Å². The molecule has 0 spiro atoms. The first-order valence-electron chi connectivity index (χ1n) is 10.3. The molecule has 2 N–H and O–H groups in total. The van der Waals surface area contributed by atoms with E-state index in [1.54, 1.807) is 18.2 Å². The van der Waals surface area contributed by atoms with Crippen LogP contribution in [0.2, 0.25) is 0 Å². The number of ketones is 1. The Balaban J connectivity index is 1.71. The zero-order valence-electron chi connectivity index (χ0n) is 17.3. The van der Waals surface area contributed by atoms with Gasteiger partial charge in [-0.2, -0.15) is 18.4 Å². The summed E-state index contributed by atoms with van der Waals surface area (Å²) in [5.41, 5.74) is 7.36. The lowest BCUT2D eigenvalue weighted by molar-refractivity contribution is -0.137. The van der Waals surface area contributed by atoms with Crippen molar-refractivity contribution in [3.63, 3.8) is 0 Å². The summed E-state index contributed by atoms with van der Waals surface area (Å²) >= 11 is 0. The zero-order chi connectivity index (χ0) is 23.3. The number of halogens is 3. The van der Waals surface area contributed by atoms with Gasteiger partial charge in [-0.3, -0.25) is 9.69 Å². The van der Waals surface area contributed by atoms with Gasteiger partial charge < -0.3 is 15.2 Å². The van der Waals surface area contributed by atoms with Crippen LogP contribution in [0.25, 0.3) is 0 Å². The third-order valence-corrected chi connectivity index (χ3v) is 6.07. The maximum atomic E-state index is 13.4. The lowest BCUT2D eigenvalue weighted by atomic mass is 9.75. The monoisotopic (exact) mass is 453 g/mol. The van der Waals surface area contributed by atoms with Crippen LogP contribution < -0.4 is 20.1 Å². The lowest BCUT2D eigenvalue weighted by Crippen LogP contribution is -2.38. The molecule has 0 saturated heterocycles. The van der Waals surface area contributed by atoms with E-state index in [1.165, 1.54) is 17.0 Å². The van der Waals surface area contributed by atoms with Gasteiger partial charge in [0.05, 0.1) is 23.1 Å². The van der Waals surface area contributed by atoms with E-state index in [1.807, 2.05) is 0 Å². The van der Waals surface area contributed by atoms with Crippen molar-refractivity contribution in [1.82, 2.24) is 0 Å². The fourth-order valence-electron chi connectivity index (χ4n) is 4.63. The fraction of sp³-hybridized carbons (Fsp3) is 0.250. The van der Waals surface area contributed by atoms with Crippen molar-refractivity contribution in [3.05, 3.63) is 76.3 Å². The first-order valence-corrected chi connectivity index (χ1v) is 10.3. The second-order valence-electron chi connectivity index (χ2n) is 7.98. The summed E-state index contributed by atoms with van der Waals surface area (Å²) < 4.78 is 50.9. The van der Waals surface area contributed by atoms with Crippen molar-refractivity contribution in [3.8, 4) is 17.6 Å². The van der Waals surface area contributed by atoms with Crippen molar-refractivity contribution >= 4 is 11.5 Å². The van der Waals surface area contributed by atoms with Gasteiger partial charge in [0.25, 0.3) is 0 Å². The number of carbonyl (C=O) groups excluding carboxylic acids is 1. The number of anilines is 1. The molecule has 0 amide bonds. The molecule has 5 rings (SSSR count). The van der Waals surface area contributed by atoms with E-state index in [9.17, 15) is 23.2 Å². The maximum Gasteiger partial charge on any atom is 0.416 e. The molecule has 0 saturated carbocycles. The van der Waals surface area contributed by atoms with E-state index < -0.39 is 17.7 Å². The van der Waals surface area contributed by atoms with Crippen molar-refractivity contribution in [1.29, 1.82) is 5.26 Å². The minimum atomic E-state index is -4.54. The number of benzene rings is 2. The fourth-order valence-corrected chi connectivity index (χ4v) is 4.63. The highest BCUT2D eigenvalue weighted by atomic mass is 19.4. The number of nitriles is 1. The highest BCUT2D eigenvalue weighted by Gasteiger charge is 2.41. The Morgan fingerprint density at radius 2 is 1.88 bits per heavy atom. The Labute approximate surface area is 187 Å². The topological polar surface area (TPSA) is 88.6 Å². The molecule has 0 radical (unpaired) electrons. The van der Waals surface area contributed by atoms with Gasteiger partial charge in [0.1, 0.15) is 5.82 Å². The number of allylic oxidation sites excluding steroid dienone is 3. The molecule has 0 aromatic heterocycles. The number of hydrogen-bond acceptors (Lipinski definition) is 6. The smallest absolute Gasteiger partial charge is 0.416 e. The molecule has 6 nitrogen and oxygen atoms in total. The summed E-state index contributed by atoms with van der Waals surface area (Å²) in [6, 6.07) is 12.0. The molecular formula is C24H18F3N3O3. The third kappa shape index (κ3) is 3.39. The van der Waals surface area contributed by atoms with Crippen molar-refractivity contribution < 1.29 is 27.4 Å². The molecule has 0 fully saturated rings. The van der Waals surface area contributed by atoms with Crippen LogP contribution in [-0.2, 0) is 11.0 Å². The van der Waals surface area contributed by atoms with Crippen LogP contribution in [0.1, 0.15) is 36.3 Å². The summed E-state index contributed by atoms with van der Waals surface area (Å²) in [4.78, 5) is 14.5. The molecule has 1 atom stereocenters. The van der Waals surface area contributed by atoms with E-state index in [2.05, 4.69) is 6.07 Å². The van der Waals surface area contributed by atoms with E-state index in [4.69, 9.17) is 15.2 Å². The summed E-state index contributed by atoms with van der Waals surface area (Å²) in [5, 5.41) is 10.0. The lowest BCUT2D eigenvalue weighted by Gasteiger charge is -2.39. The number of carbonyl (C=O) groups is 1. The molecule has 2 aromatic rings. The number of alkyl halides is 3. The molecule has 1 unspecified atom stereocenters. The Hall–Kier alpha value is -3.93. The Bertz CT molecular complexity index is 1270. The van der Waals surface area contributed by atoms with Crippen LogP contribution in [-0.4, -0.2) is 12.6 Å². The number of nitrogens with zero attached hydrogens (tertiary/aromatic N) is 2. The predicted molar refractivity (Wildman–Crippen MR) is 112 cm³/mol. The van der Waals surface area contributed by atoms with Gasteiger partial charge in [-0.15, -0.1) is 0 Å². The van der Waals surface area contributed by atoms with Gasteiger partial charge in [-0.1, -0.05) is 12.1 Å². The molecule has 168 valence electrons. The SMILES string of the molecule is N#CC1=C(N)N(c2cccc(C(F)(F)F)c2)C2=C(C(=O)CCC2)C1c1ccc2c(c1)OCO2. The van der Waals surface area contributed by atoms with Gasteiger partial charge >= 0.3 is 6.18 Å². The first kappa shape index (κ1) is 20.9. The van der Waals surface area contributed by atoms with E-state index in [0.717, 1.165) is 12.1 Å². The second kappa shape index (κ2) is 7.59. The average molecular weight is 453 g/mol. The molecule has 1 aliphatic carbocycles. The molecule has 2 heterocycles. The van der Waals surface area contributed by atoms with E-state index >= 15 is 0 Å². The average Bonchev–Trinajstić information content (AvgIpc) is 3.26. The predicted octanol–water partition coefficient (Wildman–Crippen LogP) is 4.74. The van der Waals surface area contributed by atoms with Gasteiger partial charge in [0, 0.05) is 23.4 Å². The van der Waals surface area contributed by atoms with Gasteiger partial charge in [-0.25, -0.2) is 0 Å². The Morgan fingerprint density at radius 1 is 1.09 bits per heavy atom. The molecule has 0 bridgehead atoms. The van der Waals surface area contributed by atoms with Crippen LogP contribution >= 0.6 is 0 Å². The second-order valence-corrected chi connectivity index (χ2v) is 7.98. The number of rotatable bonds is 2. The number of nitrogens with two attached hydrogens (primary N) is 1. The van der Waals surface area contributed by atoms with Crippen LogP contribution in [0.15, 0.2) is 65.1 Å². The standard InChI is InChI=1S/C24H18F3N3O3/c25-24(26,27)14-3-1-4-15(10-14)30-17-5-2-6-18(31)22(17)21(16(11-28)23(30)29)13-7-8-19-20(9-13)33-12-32-19/h1,3-4,7-10,21H,2,5-6,12,29H2. The van der Waals surface area contributed by atoms with Gasteiger partial charge in [0.2, 0.25) is 6.79 Å². The minimum Gasteiger partial charge on any atom is -0.454 e. The highest BCUT2D eigenvalue weighted by molar-refractivity contribution is 6.01. The van der Waals surface area contributed by atoms with E-state index in [-0.39, 0.29) is 36.1 Å². The number of ether oxygens (including phenoxy) is 2. The largest absolute Gasteiger partial charge is 0.454 e. The Morgan fingerprint density at radius 3 is 2.64 bits per heavy atom. The summed E-state index contributed by atoms with van der Waals surface area (Å²) in [6.45, 7) is 0.0722. The molecular weight excluding hydrogens is 435 g/mol. The molecule has 33 heavy (non-hydrogen) atoms. The molecule has 2 aliphatic heterocycles. The Kier molecular flexibility index (Phi) is 4.81. The summed E-state index contributed by atoms with van der Waals surface area (Å²) in [6.07, 6.45) is -3.28. The van der Waals surface area contributed by atoms with Gasteiger partial charge in [0.15, 0.2) is 17.3 Å². The molecule has 3 aliphatic rings. The zero-order valence-corrected chi connectivity index (χ0v) is 17.3. The number of fused-ring (bicyclic) bond motifs is 1.